The van der Waals surface area contributed by atoms with Crippen molar-refractivity contribution in [3.8, 4) is 0 Å². The largest absolute Gasteiger partial charge is 0.342 e. The van der Waals surface area contributed by atoms with Gasteiger partial charge in [0.1, 0.15) is 0 Å². The Bertz CT molecular complexity index is 410. The highest BCUT2D eigenvalue weighted by atomic mass is 32.2. The fourth-order valence-electron chi connectivity index (χ4n) is 2.65. The van der Waals surface area contributed by atoms with Gasteiger partial charge in [0.05, 0.1) is 12.8 Å². The van der Waals surface area contributed by atoms with Gasteiger partial charge >= 0.3 is 0 Å². The van der Waals surface area contributed by atoms with Gasteiger partial charge in [0.2, 0.25) is 15.9 Å². The average Bonchev–Trinajstić information content (AvgIpc) is 2.39. The van der Waals surface area contributed by atoms with Crippen LogP contribution in [0.15, 0.2) is 0 Å². The number of piperidine rings is 1. The SMILES string of the molecule is CS(=O)(=O)N1CCN(CC(=O)N2CCCCC2)CC1. The molecule has 0 bridgehead atoms. The second kappa shape index (κ2) is 6.19. The third kappa shape index (κ3) is 4.15. The van der Waals surface area contributed by atoms with Crippen molar-refractivity contribution in [2.45, 2.75) is 19.3 Å². The topological polar surface area (TPSA) is 60.9 Å². The summed E-state index contributed by atoms with van der Waals surface area (Å²) in [5.74, 6) is 0.188. The lowest BCUT2D eigenvalue weighted by molar-refractivity contribution is -0.133. The molecule has 6 nitrogen and oxygen atoms in total. The van der Waals surface area contributed by atoms with E-state index in [9.17, 15) is 13.2 Å². The molecule has 7 heteroatoms. The molecule has 0 unspecified atom stereocenters. The van der Waals surface area contributed by atoms with Gasteiger partial charge in [-0.15, -0.1) is 0 Å². The molecule has 2 aliphatic rings. The molecule has 2 saturated heterocycles. The first-order valence-electron chi connectivity index (χ1n) is 6.92. The van der Waals surface area contributed by atoms with E-state index in [1.54, 1.807) is 0 Å². The predicted octanol–water partition coefficient (Wildman–Crippen LogP) is -0.424. The molecule has 19 heavy (non-hydrogen) atoms. The van der Waals surface area contributed by atoms with Gasteiger partial charge in [-0.05, 0) is 19.3 Å². The Balaban J connectivity index is 1.77. The zero-order valence-corrected chi connectivity index (χ0v) is 12.4. The third-order valence-electron chi connectivity index (χ3n) is 3.87. The number of nitrogens with zero attached hydrogens (tertiary/aromatic N) is 3. The van der Waals surface area contributed by atoms with Crippen molar-refractivity contribution < 1.29 is 13.2 Å². The first-order chi connectivity index (χ1) is 8.97. The van der Waals surface area contributed by atoms with Gasteiger partial charge in [-0.2, -0.15) is 4.31 Å². The molecular formula is C12H23N3O3S. The Morgan fingerprint density at radius 1 is 0.947 bits per heavy atom. The molecule has 0 aromatic heterocycles. The van der Waals surface area contributed by atoms with Crippen molar-refractivity contribution in [1.82, 2.24) is 14.1 Å². The number of carbonyl (C=O) groups excluding carboxylic acids is 1. The smallest absolute Gasteiger partial charge is 0.236 e. The first kappa shape index (κ1) is 14.7. The summed E-state index contributed by atoms with van der Waals surface area (Å²) < 4.78 is 24.3. The van der Waals surface area contributed by atoms with E-state index < -0.39 is 10.0 Å². The molecule has 1 amide bonds. The van der Waals surface area contributed by atoms with Gasteiger partial charge in [0, 0.05) is 39.3 Å². The number of rotatable bonds is 3. The number of hydrogen-bond acceptors (Lipinski definition) is 4. The second-order valence-corrected chi connectivity index (χ2v) is 7.36. The van der Waals surface area contributed by atoms with Gasteiger partial charge < -0.3 is 4.90 Å². The maximum atomic E-state index is 12.1. The third-order valence-corrected chi connectivity index (χ3v) is 5.17. The summed E-state index contributed by atoms with van der Waals surface area (Å²) in [6, 6.07) is 0. The van der Waals surface area contributed by atoms with Crippen LogP contribution in [0, 0.1) is 0 Å². The fraction of sp³-hybridized carbons (Fsp3) is 0.917. The van der Waals surface area contributed by atoms with E-state index in [0.29, 0.717) is 32.7 Å². The average molecular weight is 289 g/mol. The van der Waals surface area contributed by atoms with Crippen molar-refractivity contribution in [2.24, 2.45) is 0 Å². The van der Waals surface area contributed by atoms with Crippen LogP contribution in [0.1, 0.15) is 19.3 Å². The van der Waals surface area contributed by atoms with E-state index in [1.165, 1.54) is 17.0 Å². The Kier molecular flexibility index (Phi) is 4.81. The minimum Gasteiger partial charge on any atom is -0.342 e. The normalized spacial score (nSPS) is 23.5. The van der Waals surface area contributed by atoms with Crippen molar-refractivity contribution in [1.29, 1.82) is 0 Å². The van der Waals surface area contributed by atoms with E-state index in [-0.39, 0.29) is 5.91 Å². The van der Waals surface area contributed by atoms with Gasteiger partial charge in [-0.25, -0.2) is 8.42 Å². The second-order valence-electron chi connectivity index (χ2n) is 5.38. The molecule has 0 aliphatic carbocycles. The summed E-state index contributed by atoms with van der Waals surface area (Å²) in [7, 11) is -3.09. The molecule has 0 aromatic carbocycles. The van der Waals surface area contributed by atoms with Crippen molar-refractivity contribution >= 4 is 15.9 Å². The molecule has 2 heterocycles. The zero-order valence-electron chi connectivity index (χ0n) is 11.5. The standard InChI is InChI=1S/C12H23N3O3S/c1-19(17,18)15-9-7-13(8-10-15)11-12(16)14-5-3-2-4-6-14/h2-11H2,1H3. The van der Waals surface area contributed by atoms with Crippen LogP contribution in [-0.2, 0) is 14.8 Å². The minimum absolute atomic E-state index is 0.188. The summed E-state index contributed by atoms with van der Waals surface area (Å²) in [6.07, 6.45) is 4.67. The van der Waals surface area contributed by atoms with Crippen molar-refractivity contribution in [2.75, 3.05) is 52.1 Å². The number of amides is 1. The predicted molar refractivity (Wildman–Crippen MR) is 73.3 cm³/mol. The molecule has 2 rings (SSSR count). The highest BCUT2D eigenvalue weighted by molar-refractivity contribution is 7.88. The van der Waals surface area contributed by atoms with E-state index in [0.717, 1.165) is 25.9 Å². The molecule has 0 saturated carbocycles. The minimum atomic E-state index is -3.09. The maximum absolute atomic E-state index is 12.1. The molecule has 0 atom stereocenters. The van der Waals surface area contributed by atoms with Crippen LogP contribution in [-0.4, -0.2) is 80.5 Å². The van der Waals surface area contributed by atoms with Crippen LogP contribution >= 0.6 is 0 Å². The van der Waals surface area contributed by atoms with Crippen LogP contribution < -0.4 is 0 Å². The van der Waals surface area contributed by atoms with Crippen LogP contribution in [0.5, 0.6) is 0 Å². The summed E-state index contributed by atoms with van der Waals surface area (Å²) in [6.45, 7) is 4.46. The Morgan fingerprint density at radius 3 is 2.05 bits per heavy atom. The van der Waals surface area contributed by atoms with Crippen LogP contribution in [0.2, 0.25) is 0 Å². The van der Waals surface area contributed by atoms with E-state index in [1.807, 2.05) is 4.90 Å². The van der Waals surface area contributed by atoms with E-state index >= 15 is 0 Å². The molecule has 2 aliphatic heterocycles. The van der Waals surface area contributed by atoms with Gasteiger partial charge in [-0.1, -0.05) is 0 Å². The Labute approximate surface area is 115 Å². The van der Waals surface area contributed by atoms with Crippen LogP contribution in [0.4, 0.5) is 0 Å². The number of carbonyl (C=O) groups is 1. The van der Waals surface area contributed by atoms with Gasteiger partial charge in [0.15, 0.2) is 0 Å². The highest BCUT2D eigenvalue weighted by Crippen LogP contribution is 2.10. The van der Waals surface area contributed by atoms with E-state index in [2.05, 4.69) is 4.90 Å². The summed E-state index contributed by atoms with van der Waals surface area (Å²) in [4.78, 5) is 16.1. The molecule has 0 radical (unpaired) electrons. The monoisotopic (exact) mass is 289 g/mol. The van der Waals surface area contributed by atoms with Crippen LogP contribution in [0.3, 0.4) is 0 Å². The van der Waals surface area contributed by atoms with Crippen molar-refractivity contribution in [3.05, 3.63) is 0 Å². The Hall–Kier alpha value is -0.660. The lowest BCUT2D eigenvalue weighted by Gasteiger charge is -2.34. The summed E-state index contributed by atoms with van der Waals surface area (Å²) in [5.41, 5.74) is 0. The highest BCUT2D eigenvalue weighted by Gasteiger charge is 2.26. The Morgan fingerprint density at radius 2 is 1.53 bits per heavy atom. The first-order valence-corrected chi connectivity index (χ1v) is 8.77. The number of hydrogen-bond donors (Lipinski definition) is 0. The van der Waals surface area contributed by atoms with Crippen molar-refractivity contribution in [3.63, 3.8) is 0 Å². The molecule has 2 fully saturated rings. The lowest BCUT2D eigenvalue weighted by Crippen LogP contribution is -2.51. The number of sulfonamides is 1. The molecule has 110 valence electrons. The van der Waals surface area contributed by atoms with E-state index in [4.69, 9.17) is 0 Å². The van der Waals surface area contributed by atoms with Gasteiger partial charge in [-0.3, -0.25) is 9.69 Å². The molecule has 0 aromatic rings. The van der Waals surface area contributed by atoms with Gasteiger partial charge in [0.25, 0.3) is 0 Å². The molecule has 0 N–H and O–H groups in total. The quantitative estimate of drug-likeness (QED) is 0.708. The fourth-order valence-corrected chi connectivity index (χ4v) is 3.48. The zero-order chi connectivity index (χ0) is 13.9. The lowest BCUT2D eigenvalue weighted by atomic mass is 10.1. The summed E-state index contributed by atoms with van der Waals surface area (Å²) >= 11 is 0. The maximum Gasteiger partial charge on any atom is 0.236 e. The number of piperazine rings is 1. The molecule has 0 spiro atoms. The van der Waals surface area contributed by atoms with Crippen LogP contribution in [0.25, 0.3) is 0 Å². The summed E-state index contributed by atoms with van der Waals surface area (Å²) in [5, 5.41) is 0. The number of likely N-dealkylation sites (tertiary alicyclic amines) is 1. The molecular weight excluding hydrogens is 266 g/mol.